The van der Waals surface area contributed by atoms with Crippen LogP contribution in [0.15, 0.2) is 53.9 Å². The number of fused-ring (bicyclic) bond motifs is 1. The lowest BCUT2D eigenvalue weighted by Crippen LogP contribution is -2.23. The molecule has 0 aliphatic rings. The summed E-state index contributed by atoms with van der Waals surface area (Å²) < 4.78 is 0. The molecular formula is C15H12ClN5S. The summed E-state index contributed by atoms with van der Waals surface area (Å²) in [6.45, 7) is 0. The molecule has 3 rings (SSSR count). The molecule has 110 valence electrons. The molecule has 7 heteroatoms. The predicted octanol–water partition coefficient (Wildman–Crippen LogP) is 3.54. The molecule has 2 aromatic heterocycles. The van der Waals surface area contributed by atoms with E-state index in [4.69, 9.17) is 23.8 Å². The van der Waals surface area contributed by atoms with E-state index in [1.165, 1.54) is 0 Å². The van der Waals surface area contributed by atoms with Gasteiger partial charge in [0, 0.05) is 34.1 Å². The van der Waals surface area contributed by atoms with E-state index in [-0.39, 0.29) is 0 Å². The van der Waals surface area contributed by atoms with Gasteiger partial charge in [-0.2, -0.15) is 5.10 Å². The Bertz CT molecular complexity index is 825. The van der Waals surface area contributed by atoms with Crippen LogP contribution in [0.1, 0.15) is 5.56 Å². The van der Waals surface area contributed by atoms with Crippen LogP contribution in [-0.2, 0) is 0 Å². The summed E-state index contributed by atoms with van der Waals surface area (Å²) in [6.07, 6.45) is 5.28. The van der Waals surface area contributed by atoms with Crippen LogP contribution in [0.2, 0.25) is 5.02 Å². The SMILES string of the molecule is S=C(N/N=C/c1c[nH]c2ncccc12)Nc1ccc(Cl)cc1. The van der Waals surface area contributed by atoms with Crippen molar-refractivity contribution in [3.05, 3.63) is 59.4 Å². The summed E-state index contributed by atoms with van der Waals surface area (Å²) in [7, 11) is 0. The van der Waals surface area contributed by atoms with E-state index >= 15 is 0 Å². The molecule has 0 aliphatic heterocycles. The Hall–Kier alpha value is -2.44. The van der Waals surface area contributed by atoms with Gasteiger partial charge in [0.2, 0.25) is 0 Å². The number of pyridine rings is 1. The summed E-state index contributed by atoms with van der Waals surface area (Å²) >= 11 is 11.0. The van der Waals surface area contributed by atoms with E-state index in [1.54, 1.807) is 24.5 Å². The Labute approximate surface area is 137 Å². The van der Waals surface area contributed by atoms with E-state index < -0.39 is 0 Å². The Morgan fingerprint density at radius 2 is 2.09 bits per heavy atom. The quantitative estimate of drug-likeness (QED) is 0.391. The Morgan fingerprint density at radius 3 is 2.91 bits per heavy atom. The number of aromatic amines is 1. The minimum absolute atomic E-state index is 0.400. The first-order valence-electron chi connectivity index (χ1n) is 6.50. The van der Waals surface area contributed by atoms with E-state index in [1.807, 2.05) is 30.5 Å². The van der Waals surface area contributed by atoms with Gasteiger partial charge in [-0.25, -0.2) is 4.98 Å². The van der Waals surface area contributed by atoms with Crippen molar-refractivity contribution >= 4 is 51.9 Å². The highest BCUT2D eigenvalue weighted by Crippen LogP contribution is 2.14. The third-order valence-corrected chi connectivity index (χ3v) is 3.40. The van der Waals surface area contributed by atoms with E-state index in [9.17, 15) is 0 Å². The Kier molecular flexibility index (Phi) is 4.32. The van der Waals surface area contributed by atoms with Gasteiger partial charge < -0.3 is 10.3 Å². The van der Waals surface area contributed by atoms with Crippen molar-refractivity contribution in [1.82, 2.24) is 15.4 Å². The van der Waals surface area contributed by atoms with Crippen LogP contribution < -0.4 is 10.7 Å². The normalized spacial score (nSPS) is 11.0. The van der Waals surface area contributed by atoms with Gasteiger partial charge in [0.25, 0.3) is 0 Å². The summed E-state index contributed by atoms with van der Waals surface area (Å²) in [6, 6.07) is 11.1. The molecule has 0 unspecified atom stereocenters. The lowest BCUT2D eigenvalue weighted by Gasteiger charge is -2.06. The summed E-state index contributed by atoms with van der Waals surface area (Å²) in [5.74, 6) is 0. The van der Waals surface area contributed by atoms with Crippen LogP contribution in [0.3, 0.4) is 0 Å². The largest absolute Gasteiger partial charge is 0.345 e. The number of hydrazone groups is 1. The molecule has 0 spiro atoms. The molecule has 22 heavy (non-hydrogen) atoms. The molecule has 0 radical (unpaired) electrons. The molecule has 0 saturated carbocycles. The van der Waals surface area contributed by atoms with Crippen LogP contribution in [0.5, 0.6) is 0 Å². The minimum Gasteiger partial charge on any atom is -0.345 e. The molecule has 0 atom stereocenters. The van der Waals surface area contributed by atoms with Gasteiger partial charge in [-0.1, -0.05) is 11.6 Å². The number of hydrogen-bond acceptors (Lipinski definition) is 3. The molecule has 2 heterocycles. The predicted molar refractivity (Wildman–Crippen MR) is 94.5 cm³/mol. The van der Waals surface area contributed by atoms with Crippen molar-refractivity contribution < 1.29 is 0 Å². The maximum absolute atomic E-state index is 5.83. The zero-order valence-electron chi connectivity index (χ0n) is 11.4. The Morgan fingerprint density at radius 1 is 1.27 bits per heavy atom. The van der Waals surface area contributed by atoms with Crippen LogP contribution in [0.25, 0.3) is 11.0 Å². The van der Waals surface area contributed by atoms with Crippen LogP contribution in [0, 0.1) is 0 Å². The van der Waals surface area contributed by atoms with E-state index in [0.717, 1.165) is 22.3 Å². The number of halogens is 1. The zero-order valence-corrected chi connectivity index (χ0v) is 12.9. The standard InChI is InChI=1S/C15H12ClN5S/c16-11-3-5-12(6-4-11)20-15(22)21-19-9-10-8-18-14-13(10)2-1-7-17-14/h1-9H,(H,17,18)(H2,20,21,22)/b19-9+. The number of rotatable bonds is 3. The third-order valence-electron chi connectivity index (χ3n) is 2.95. The average Bonchev–Trinajstić information content (AvgIpc) is 2.93. The zero-order chi connectivity index (χ0) is 15.4. The molecular weight excluding hydrogens is 318 g/mol. The average molecular weight is 330 g/mol. The number of nitrogens with one attached hydrogen (secondary N) is 3. The number of hydrogen-bond donors (Lipinski definition) is 3. The van der Waals surface area contributed by atoms with Crippen molar-refractivity contribution in [2.24, 2.45) is 5.10 Å². The molecule has 0 aliphatic carbocycles. The molecule has 1 aromatic carbocycles. The first-order valence-corrected chi connectivity index (χ1v) is 7.29. The van der Waals surface area contributed by atoms with E-state index in [0.29, 0.717) is 10.1 Å². The number of nitrogens with zero attached hydrogens (tertiary/aromatic N) is 2. The monoisotopic (exact) mass is 329 g/mol. The number of anilines is 1. The van der Waals surface area contributed by atoms with Gasteiger partial charge in [0.15, 0.2) is 5.11 Å². The number of thiocarbonyl (C=S) groups is 1. The van der Waals surface area contributed by atoms with Crippen molar-refractivity contribution in [2.45, 2.75) is 0 Å². The van der Waals surface area contributed by atoms with E-state index in [2.05, 4.69) is 25.8 Å². The molecule has 3 aromatic rings. The molecule has 0 saturated heterocycles. The third kappa shape index (κ3) is 3.41. The fourth-order valence-corrected chi connectivity index (χ4v) is 2.23. The summed E-state index contributed by atoms with van der Waals surface area (Å²) in [5, 5.41) is 9.22. The molecule has 5 nitrogen and oxygen atoms in total. The maximum atomic E-state index is 5.83. The molecule has 0 bridgehead atoms. The minimum atomic E-state index is 0.400. The van der Waals surface area contributed by atoms with Gasteiger partial charge in [0.1, 0.15) is 5.65 Å². The fraction of sp³-hybridized carbons (Fsp3) is 0. The second kappa shape index (κ2) is 6.55. The molecule has 0 fully saturated rings. The maximum Gasteiger partial charge on any atom is 0.191 e. The first kappa shape index (κ1) is 14.5. The highest BCUT2D eigenvalue weighted by Gasteiger charge is 2.01. The summed E-state index contributed by atoms with van der Waals surface area (Å²) in [5.41, 5.74) is 5.37. The fourth-order valence-electron chi connectivity index (χ4n) is 1.94. The van der Waals surface area contributed by atoms with Gasteiger partial charge in [-0.15, -0.1) is 0 Å². The Balaban J connectivity index is 1.62. The second-order valence-corrected chi connectivity index (χ2v) is 5.32. The highest BCUT2D eigenvalue weighted by molar-refractivity contribution is 7.80. The van der Waals surface area contributed by atoms with Crippen molar-refractivity contribution in [3.8, 4) is 0 Å². The number of aromatic nitrogens is 2. The van der Waals surface area contributed by atoms with Crippen LogP contribution in [0.4, 0.5) is 5.69 Å². The lowest BCUT2D eigenvalue weighted by atomic mass is 10.2. The molecule has 0 amide bonds. The topological polar surface area (TPSA) is 65.1 Å². The molecule has 3 N–H and O–H groups in total. The van der Waals surface area contributed by atoms with Gasteiger partial charge in [0.05, 0.1) is 6.21 Å². The number of H-pyrrole nitrogens is 1. The smallest absolute Gasteiger partial charge is 0.191 e. The number of benzene rings is 1. The summed E-state index contributed by atoms with van der Waals surface area (Å²) in [4.78, 5) is 7.30. The van der Waals surface area contributed by atoms with Gasteiger partial charge in [-0.05, 0) is 48.6 Å². The van der Waals surface area contributed by atoms with Crippen molar-refractivity contribution in [3.63, 3.8) is 0 Å². The van der Waals surface area contributed by atoms with Gasteiger partial charge >= 0.3 is 0 Å². The van der Waals surface area contributed by atoms with Crippen molar-refractivity contribution in [1.29, 1.82) is 0 Å². The lowest BCUT2D eigenvalue weighted by molar-refractivity contribution is 1.05. The first-order chi connectivity index (χ1) is 10.7. The van der Waals surface area contributed by atoms with Gasteiger partial charge in [-0.3, -0.25) is 5.43 Å². The van der Waals surface area contributed by atoms with Crippen LogP contribution in [-0.4, -0.2) is 21.3 Å². The second-order valence-electron chi connectivity index (χ2n) is 4.47. The van der Waals surface area contributed by atoms with Crippen LogP contribution >= 0.6 is 23.8 Å². The van der Waals surface area contributed by atoms with Crippen molar-refractivity contribution in [2.75, 3.05) is 5.32 Å². The highest BCUT2D eigenvalue weighted by atomic mass is 35.5.